The van der Waals surface area contributed by atoms with Crippen molar-refractivity contribution in [2.45, 2.75) is 39.7 Å². The first-order chi connectivity index (χ1) is 10.6. The van der Waals surface area contributed by atoms with Crippen molar-refractivity contribution in [1.82, 2.24) is 4.90 Å². The average molecular weight is 299 g/mol. The van der Waals surface area contributed by atoms with E-state index in [9.17, 15) is 4.79 Å². The first-order valence-electron chi connectivity index (χ1n) is 7.90. The average Bonchev–Trinajstić information content (AvgIpc) is 3.01. The smallest absolute Gasteiger partial charge is 0.219 e. The van der Waals surface area contributed by atoms with Crippen LogP contribution in [-0.4, -0.2) is 17.4 Å². The lowest BCUT2D eigenvalue weighted by Crippen LogP contribution is -2.30. The van der Waals surface area contributed by atoms with E-state index >= 15 is 0 Å². The summed E-state index contributed by atoms with van der Waals surface area (Å²) in [4.78, 5) is 13.8. The molecule has 0 fully saturated rings. The Balaban J connectivity index is 2.00. The maximum absolute atomic E-state index is 11.9. The van der Waals surface area contributed by atoms with Gasteiger partial charge in [-0.2, -0.15) is 0 Å². The van der Waals surface area contributed by atoms with Crippen LogP contribution in [0, 0.1) is 5.92 Å². The van der Waals surface area contributed by atoms with E-state index in [-0.39, 0.29) is 5.91 Å². The van der Waals surface area contributed by atoms with Crippen molar-refractivity contribution in [2.75, 3.05) is 6.54 Å². The minimum atomic E-state index is 0.116. The van der Waals surface area contributed by atoms with Crippen LogP contribution < -0.4 is 0 Å². The Kier molecular flexibility index (Phi) is 5.82. The molecule has 1 amide bonds. The summed E-state index contributed by atoms with van der Waals surface area (Å²) < 4.78 is 5.56. The first-order valence-corrected chi connectivity index (χ1v) is 7.90. The molecule has 0 aliphatic rings. The van der Waals surface area contributed by atoms with E-state index in [0.717, 1.165) is 24.3 Å². The van der Waals surface area contributed by atoms with Crippen molar-refractivity contribution in [3.05, 3.63) is 60.1 Å². The van der Waals surface area contributed by atoms with Crippen molar-refractivity contribution in [3.8, 4) is 0 Å². The lowest BCUT2D eigenvalue weighted by Gasteiger charge is -2.25. The van der Waals surface area contributed by atoms with Gasteiger partial charge in [0.1, 0.15) is 5.76 Å². The third-order valence-electron chi connectivity index (χ3n) is 4.08. The van der Waals surface area contributed by atoms with Gasteiger partial charge in [-0.1, -0.05) is 44.2 Å². The highest BCUT2D eigenvalue weighted by atomic mass is 16.3. The number of amides is 1. The standard InChI is InChI=1S/C19H25NO2/c1-15(2)18(19-10-7-13-22-19)11-12-20(16(3)21)14-17-8-5-4-6-9-17/h4-10,13,15,18H,11-12,14H2,1-3H3. The molecule has 2 rings (SSSR count). The minimum absolute atomic E-state index is 0.116. The zero-order chi connectivity index (χ0) is 15.9. The Morgan fingerprint density at radius 1 is 1.14 bits per heavy atom. The van der Waals surface area contributed by atoms with Crippen LogP contribution >= 0.6 is 0 Å². The fraction of sp³-hybridized carbons (Fsp3) is 0.421. The van der Waals surface area contributed by atoms with Gasteiger partial charge >= 0.3 is 0 Å². The molecule has 0 N–H and O–H groups in total. The van der Waals surface area contributed by atoms with Gasteiger partial charge in [0.05, 0.1) is 6.26 Å². The highest BCUT2D eigenvalue weighted by Crippen LogP contribution is 2.28. The van der Waals surface area contributed by atoms with Crippen molar-refractivity contribution in [2.24, 2.45) is 5.92 Å². The second kappa shape index (κ2) is 7.83. The van der Waals surface area contributed by atoms with Crippen LogP contribution in [0.1, 0.15) is 44.4 Å². The van der Waals surface area contributed by atoms with E-state index in [1.54, 1.807) is 13.2 Å². The molecule has 1 atom stereocenters. The Morgan fingerprint density at radius 3 is 2.41 bits per heavy atom. The maximum Gasteiger partial charge on any atom is 0.219 e. The molecule has 3 nitrogen and oxygen atoms in total. The SMILES string of the molecule is CC(=O)N(CCC(c1ccco1)C(C)C)Cc1ccccc1. The fourth-order valence-corrected chi connectivity index (χ4v) is 2.75. The summed E-state index contributed by atoms with van der Waals surface area (Å²) in [5, 5.41) is 0. The monoisotopic (exact) mass is 299 g/mol. The van der Waals surface area contributed by atoms with Crippen LogP contribution in [0.5, 0.6) is 0 Å². The van der Waals surface area contributed by atoms with E-state index in [4.69, 9.17) is 4.42 Å². The quantitative estimate of drug-likeness (QED) is 0.756. The lowest BCUT2D eigenvalue weighted by atomic mass is 9.90. The molecular weight excluding hydrogens is 274 g/mol. The van der Waals surface area contributed by atoms with Crippen molar-refractivity contribution >= 4 is 5.91 Å². The molecule has 1 aromatic heterocycles. The van der Waals surface area contributed by atoms with Crippen molar-refractivity contribution in [1.29, 1.82) is 0 Å². The Bertz CT molecular complexity index is 560. The van der Waals surface area contributed by atoms with E-state index < -0.39 is 0 Å². The van der Waals surface area contributed by atoms with Crippen LogP contribution in [0.4, 0.5) is 0 Å². The first kappa shape index (κ1) is 16.3. The number of carbonyl (C=O) groups is 1. The molecule has 0 spiro atoms. The summed E-state index contributed by atoms with van der Waals surface area (Å²) in [5.74, 6) is 1.95. The molecule has 0 aliphatic carbocycles. The largest absolute Gasteiger partial charge is 0.469 e. The minimum Gasteiger partial charge on any atom is -0.469 e. The normalized spacial score (nSPS) is 12.4. The van der Waals surface area contributed by atoms with E-state index in [0.29, 0.717) is 18.4 Å². The Morgan fingerprint density at radius 2 is 1.86 bits per heavy atom. The molecule has 3 heteroatoms. The molecule has 0 bridgehead atoms. The van der Waals surface area contributed by atoms with Gasteiger partial charge in [-0.15, -0.1) is 0 Å². The summed E-state index contributed by atoms with van der Waals surface area (Å²) in [7, 11) is 0. The fourth-order valence-electron chi connectivity index (χ4n) is 2.75. The Hall–Kier alpha value is -2.03. The number of hydrogen-bond acceptors (Lipinski definition) is 2. The van der Waals surface area contributed by atoms with E-state index in [1.165, 1.54) is 0 Å². The summed E-state index contributed by atoms with van der Waals surface area (Å²) >= 11 is 0. The van der Waals surface area contributed by atoms with Gasteiger partial charge in [0.2, 0.25) is 5.91 Å². The molecular formula is C19H25NO2. The van der Waals surface area contributed by atoms with Crippen molar-refractivity contribution < 1.29 is 9.21 Å². The summed E-state index contributed by atoms with van der Waals surface area (Å²) in [6, 6.07) is 14.1. The van der Waals surface area contributed by atoms with E-state index in [1.807, 2.05) is 35.2 Å². The molecule has 0 radical (unpaired) electrons. The van der Waals surface area contributed by atoms with Gasteiger partial charge in [-0.25, -0.2) is 0 Å². The number of hydrogen-bond donors (Lipinski definition) is 0. The van der Waals surface area contributed by atoms with Crippen LogP contribution in [0.3, 0.4) is 0 Å². The summed E-state index contributed by atoms with van der Waals surface area (Å²) in [6.45, 7) is 7.44. The number of carbonyl (C=O) groups excluding carboxylic acids is 1. The molecule has 2 aromatic rings. The second-order valence-corrected chi connectivity index (χ2v) is 6.08. The molecule has 0 saturated carbocycles. The van der Waals surface area contributed by atoms with Gasteiger partial charge < -0.3 is 9.32 Å². The van der Waals surface area contributed by atoms with Gasteiger partial charge in [-0.05, 0) is 30.0 Å². The number of benzene rings is 1. The topological polar surface area (TPSA) is 33.5 Å². The van der Waals surface area contributed by atoms with Gasteiger partial charge in [0, 0.05) is 25.9 Å². The third kappa shape index (κ3) is 4.48. The number of furan rings is 1. The highest BCUT2D eigenvalue weighted by Gasteiger charge is 2.20. The number of nitrogens with zero attached hydrogens (tertiary/aromatic N) is 1. The molecule has 22 heavy (non-hydrogen) atoms. The second-order valence-electron chi connectivity index (χ2n) is 6.08. The molecule has 118 valence electrons. The zero-order valence-electron chi connectivity index (χ0n) is 13.7. The van der Waals surface area contributed by atoms with Gasteiger partial charge in [0.15, 0.2) is 0 Å². The Labute approximate surface area is 132 Å². The van der Waals surface area contributed by atoms with E-state index in [2.05, 4.69) is 26.0 Å². The summed E-state index contributed by atoms with van der Waals surface area (Å²) in [6.07, 6.45) is 2.63. The third-order valence-corrected chi connectivity index (χ3v) is 4.08. The molecule has 1 aromatic carbocycles. The lowest BCUT2D eigenvalue weighted by molar-refractivity contribution is -0.129. The van der Waals surface area contributed by atoms with Crippen molar-refractivity contribution in [3.63, 3.8) is 0 Å². The van der Waals surface area contributed by atoms with Gasteiger partial charge in [-0.3, -0.25) is 4.79 Å². The summed E-state index contributed by atoms with van der Waals surface area (Å²) in [5.41, 5.74) is 1.16. The van der Waals surface area contributed by atoms with Crippen LogP contribution in [-0.2, 0) is 11.3 Å². The number of rotatable bonds is 7. The molecule has 1 heterocycles. The van der Waals surface area contributed by atoms with Crippen LogP contribution in [0.15, 0.2) is 53.1 Å². The molecule has 0 aliphatic heterocycles. The predicted molar refractivity (Wildman–Crippen MR) is 88.4 cm³/mol. The highest BCUT2D eigenvalue weighted by molar-refractivity contribution is 5.73. The van der Waals surface area contributed by atoms with Crippen LogP contribution in [0.25, 0.3) is 0 Å². The maximum atomic E-state index is 11.9. The molecule has 0 saturated heterocycles. The van der Waals surface area contributed by atoms with Gasteiger partial charge in [0.25, 0.3) is 0 Å². The molecule has 1 unspecified atom stereocenters. The zero-order valence-corrected chi connectivity index (χ0v) is 13.7. The predicted octanol–water partition coefficient (Wildman–Crippen LogP) is 4.46. The van der Waals surface area contributed by atoms with Crippen LogP contribution in [0.2, 0.25) is 0 Å².